The molecule has 4 heteroatoms. The van der Waals surface area contributed by atoms with Crippen LogP contribution in [0, 0.1) is 13.8 Å². The molecular formula is C17H20ClNO2. The van der Waals surface area contributed by atoms with Crippen LogP contribution in [0.3, 0.4) is 0 Å². The molecule has 2 aromatic rings. The van der Waals surface area contributed by atoms with Gasteiger partial charge in [-0.3, -0.25) is 0 Å². The van der Waals surface area contributed by atoms with Crippen molar-refractivity contribution in [3.63, 3.8) is 0 Å². The first-order chi connectivity index (χ1) is 10.1. The Bertz CT molecular complexity index is 632. The maximum atomic E-state index is 6.17. The fourth-order valence-corrected chi connectivity index (χ4v) is 2.52. The Hall–Kier alpha value is -1.45. The zero-order chi connectivity index (χ0) is 14.8. The van der Waals surface area contributed by atoms with Crippen molar-refractivity contribution in [1.82, 2.24) is 5.32 Å². The van der Waals surface area contributed by atoms with Gasteiger partial charge in [0.05, 0.1) is 11.6 Å². The van der Waals surface area contributed by atoms with E-state index >= 15 is 0 Å². The summed E-state index contributed by atoms with van der Waals surface area (Å²) in [5, 5.41) is 4.09. The lowest BCUT2D eigenvalue weighted by Crippen LogP contribution is -2.14. The largest absolute Gasteiger partial charge is 0.487 e. The van der Waals surface area contributed by atoms with E-state index in [1.165, 1.54) is 12.8 Å². The van der Waals surface area contributed by atoms with Gasteiger partial charge in [0.2, 0.25) is 0 Å². The maximum absolute atomic E-state index is 6.17. The van der Waals surface area contributed by atoms with Crippen LogP contribution in [0.15, 0.2) is 28.7 Å². The molecule has 3 rings (SSSR count). The smallest absolute Gasteiger partial charge is 0.138 e. The molecule has 1 N–H and O–H groups in total. The van der Waals surface area contributed by atoms with Crippen molar-refractivity contribution < 1.29 is 9.15 Å². The van der Waals surface area contributed by atoms with Crippen molar-refractivity contribution in [3.8, 4) is 5.75 Å². The molecule has 0 bridgehead atoms. The minimum atomic E-state index is 0.474. The van der Waals surface area contributed by atoms with Crippen LogP contribution in [0.2, 0.25) is 5.02 Å². The summed E-state index contributed by atoms with van der Waals surface area (Å²) < 4.78 is 11.6. The van der Waals surface area contributed by atoms with Crippen LogP contribution in [-0.2, 0) is 13.2 Å². The van der Waals surface area contributed by atoms with Gasteiger partial charge < -0.3 is 14.5 Å². The lowest BCUT2D eigenvalue weighted by molar-refractivity contribution is 0.303. The molecule has 0 spiro atoms. The predicted octanol–water partition coefficient (Wildman–Crippen LogP) is 4.38. The number of hydrogen-bond acceptors (Lipinski definition) is 3. The van der Waals surface area contributed by atoms with E-state index in [-0.39, 0.29) is 0 Å². The summed E-state index contributed by atoms with van der Waals surface area (Å²) in [4.78, 5) is 0. The SMILES string of the molecule is Cc1ccc(OCc2cc(CNC3CC3)oc2C)c(Cl)c1. The molecule has 0 radical (unpaired) electrons. The maximum Gasteiger partial charge on any atom is 0.138 e. The Balaban J connectivity index is 1.61. The van der Waals surface area contributed by atoms with Crippen molar-refractivity contribution in [2.45, 2.75) is 45.9 Å². The lowest BCUT2D eigenvalue weighted by Gasteiger charge is -2.07. The molecule has 1 aliphatic rings. The van der Waals surface area contributed by atoms with Crippen LogP contribution < -0.4 is 10.1 Å². The number of rotatable bonds is 6. The van der Waals surface area contributed by atoms with Crippen molar-refractivity contribution in [2.24, 2.45) is 0 Å². The van der Waals surface area contributed by atoms with E-state index < -0.39 is 0 Å². The second-order valence-electron chi connectivity index (χ2n) is 5.67. The van der Waals surface area contributed by atoms with Crippen LogP contribution in [0.5, 0.6) is 5.75 Å². The van der Waals surface area contributed by atoms with Gasteiger partial charge in [0.15, 0.2) is 0 Å². The van der Waals surface area contributed by atoms with Crippen LogP contribution in [0.4, 0.5) is 0 Å². The Labute approximate surface area is 130 Å². The summed E-state index contributed by atoms with van der Waals surface area (Å²) in [5.41, 5.74) is 2.19. The molecule has 21 heavy (non-hydrogen) atoms. The van der Waals surface area contributed by atoms with Crippen LogP contribution in [0.1, 0.15) is 35.5 Å². The Morgan fingerprint density at radius 2 is 2.10 bits per heavy atom. The first-order valence-corrected chi connectivity index (χ1v) is 7.70. The number of hydrogen-bond donors (Lipinski definition) is 1. The highest BCUT2D eigenvalue weighted by molar-refractivity contribution is 6.32. The van der Waals surface area contributed by atoms with Gasteiger partial charge in [0, 0.05) is 11.6 Å². The van der Waals surface area contributed by atoms with Crippen LogP contribution in [-0.4, -0.2) is 6.04 Å². The average Bonchev–Trinajstić information content (AvgIpc) is 3.20. The monoisotopic (exact) mass is 305 g/mol. The number of halogens is 1. The Kier molecular flexibility index (Phi) is 4.22. The molecule has 1 aliphatic carbocycles. The molecule has 0 atom stereocenters. The van der Waals surface area contributed by atoms with Crippen LogP contribution >= 0.6 is 11.6 Å². The third kappa shape index (κ3) is 3.80. The Morgan fingerprint density at radius 3 is 2.81 bits per heavy atom. The third-order valence-corrected chi connectivity index (χ3v) is 3.98. The lowest BCUT2D eigenvalue weighted by atomic mass is 10.2. The highest BCUT2D eigenvalue weighted by Gasteiger charge is 2.21. The summed E-state index contributed by atoms with van der Waals surface area (Å²) in [5.74, 6) is 2.58. The third-order valence-electron chi connectivity index (χ3n) is 3.68. The molecule has 1 saturated carbocycles. The first-order valence-electron chi connectivity index (χ1n) is 7.32. The zero-order valence-corrected chi connectivity index (χ0v) is 13.2. The fraction of sp³-hybridized carbons (Fsp3) is 0.412. The van der Waals surface area contributed by atoms with Gasteiger partial charge in [-0.05, 0) is 50.5 Å². The number of furan rings is 1. The van der Waals surface area contributed by atoms with E-state index in [0.717, 1.165) is 29.2 Å². The number of benzene rings is 1. The van der Waals surface area contributed by atoms with E-state index in [1.54, 1.807) is 0 Å². The van der Waals surface area contributed by atoms with E-state index in [9.17, 15) is 0 Å². The molecule has 0 unspecified atom stereocenters. The first kappa shape index (κ1) is 14.5. The van der Waals surface area contributed by atoms with Crippen LogP contribution in [0.25, 0.3) is 0 Å². The van der Waals surface area contributed by atoms with Crippen molar-refractivity contribution in [1.29, 1.82) is 0 Å². The number of nitrogens with one attached hydrogen (secondary N) is 1. The molecule has 0 aliphatic heterocycles. The molecule has 1 fully saturated rings. The van der Waals surface area contributed by atoms with Crippen molar-refractivity contribution in [3.05, 3.63) is 51.9 Å². The van der Waals surface area contributed by atoms with Gasteiger partial charge in [-0.25, -0.2) is 0 Å². The highest BCUT2D eigenvalue weighted by Crippen LogP contribution is 2.27. The quantitative estimate of drug-likeness (QED) is 0.860. The molecule has 0 saturated heterocycles. The second-order valence-corrected chi connectivity index (χ2v) is 6.08. The minimum absolute atomic E-state index is 0.474. The topological polar surface area (TPSA) is 34.4 Å². The summed E-state index contributed by atoms with van der Waals surface area (Å²) >= 11 is 6.17. The van der Waals surface area contributed by atoms with E-state index in [2.05, 4.69) is 11.4 Å². The summed E-state index contributed by atoms with van der Waals surface area (Å²) in [7, 11) is 0. The van der Waals surface area contributed by atoms with Gasteiger partial charge in [-0.1, -0.05) is 17.7 Å². The fourth-order valence-electron chi connectivity index (χ4n) is 2.23. The minimum Gasteiger partial charge on any atom is -0.487 e. The van der Waals surface area contributed by atoms with Gasteiger partial charge in [0.1, 0.15) is 23.9 Å². The standard InChI is InChI=1S/C17H20ClNO2/c1-11-3-6-17(16(18)7-11)20-10-13-8-15(21-12(13)2)9-19-14-4-5-14/h3,6-8,14,19H,4-5,9-10H2,1-2H3. The molecule has 1 heterocycles. The van der Waals surface area contributed by atoms with E-state index in [1.807, 2.05) is 32.0 Å². The zero-order valence-electron chi connectivity index (χ0n) is 12.4. The second kappa shape index (κ2) is 6.12. The number of aryl methyl sites for hydroxylation is 2. The molecule has 1 aromatic carbocycles. The van der Waals surface area contributed by atoms with Gasteiger partial charge in [0.25, 0.3) is 0 Å². The molecular weight excluding hydrogens is 286 g/mol. The van der Waals surface area contributed by atoms with Gasteiger partial charge >= 0.3 is 0 Å². The normalized spacial score (nSPS) is 14.4. The summed E-state index contributed by atoms with van der Waals surface area (Å²) in [6.07, 6.45) is 2.56. The molecule has 112 valence electrons. The molecule has 0 amide bonds. The van der Waals surface area contributed by atoms with Crippen molar-refractivity contribution >= 4 is 11.6 Å². The molecule has 3 nitrogen and oxygen atoms in total. The van der Waals surface area contributed by atoms with E-state index in [0.29, 0.717) is 23.4 Å². The van der Waals surface area contributed by atoms with E-state index in [4.69, 9.17) is 20.8 Å². The summed E-state index contributed by atoms with van der Waals surface area (Å²) in [6.45, 7) is 5.24. The molecule has 1 aromatic heterocycles. The predicted molar refractivity (Wildman–Crippen MR) is 83.8 cm³/mol. The Morgan fingerprint density at radius 1 is 1.29 bits per heavy atom. The van der Waals surface area contributed by atoms with Gasteiger partial charge in [-0.2, -0.15) is 0 Å². The van der Waals surface area contributed by atoms with Gasteiger partial charge in [-0.15, -0.1) is 0 Å². The van der Waals surface area contributed by atoms with Crippen molar-refractivity contribution in [2.75, 3.05) is 0 Å². The number of ether oxygens (including phenoxy) is 1. The highest BCUT2D eigenvalue weighted by atomic mass is 35.5. The summed E-state index contributed by atoms with van der Waals surface area (Å²) in [6, 6.07) is 8.55. The average molecular weight is 306 g/mol.